The highest BCUT2D eigenvalue weighted by molar-refractivity contribution is 7.10. The quantitative estimate of drug-likeness (QED) is 0.812. The SMILES string of the molecule is CCN(CC)C(=O)C1CC(=O)N(c2ccc(C)cc2)C1c1cccs1. The van der Waals surface area contributed by atoms with Gasteiger partial charge in [-0.3, -0.25) is 9.59 Å². The molecule has 2 atom stereocenters. The van der Waals surface area contributed by atoms with E-state index in [4.69, 9.17) is 0 Å². The molecule has 3 rings (SSSR count). The first kappa shape index (κ1) is 17.7. The Morgan fingerprint density at radius 1 is 1.20 bits per heavy atom. The van der Waals surface area contributed by atoms with E-state index in [1.165, 1.54) is 0 Å². The van der Waals surface area contributed by atoms with Gasteiger partial charge in [-0.1, -0.05) is 23.8 Å². The lowest BCUT2D eigenvalue weighted by Crippen LogP contribution is -2.38. The summed E-state index contributed by atoms with van der Waals surface area (Å²) >= 11 is 1.61. The summed E-state index contributed by atoms with van der Waals surface area (Å²) in [5.74, 6) is -0.230. The van der Waals surface area contributed by atoms with Crippen LogP contribution >= 0.6 is 11.3 Å². The number of carbonyl (C=O) groups is 2. The molecule has 1 saturated heterocycles. The number of anilines is 1. The Labute approximate surface area is 153 Å². The predicted octanol–water partition coefficient (Wildman–Crippen LogP) is 4.02. The molecular formula is C20H24N2O2S. The molecule has 132 valence electrons. The second-order valence-corrected chi connectivity index (χ2v) is 7.36. The van der Waals surface area contributed by atoms with Crippen LogP contribution < -0.4 is 4.90 Å². The second-order valence-electron chi connectivity index (χ2n) is 6.38. The number of benzene rings is 1. The monoisotopic (exact) mass is 356 g/mol. The number of amides is 2. The summed E-state index contributed by atoms with van der Waals surface area (Å²) in [5, 5.41) is 2.00. The lowest BCUT2D eigenvalue weighted by atomic mass is 9.96. The van der Waals surface area contributed by atoms with E-state index in [-0.39, 0.29) is 30.2 Å². The highest BCUT2D eigenvalue weighted by Gasteiger charge is 2.46. The Bertz CT molecular complexity index is 736. The third-order valence-corrected chi connectivity index (χ3v) is 5.80. The first-order valence-electron chi connectivity index (χ1n) is 8.77. The van der Waals surface area contributed by atoms with E-state index in [0.717, 1.165) is 16.1 Å². The van der Waals surface area contributed by atoms with Gasteiger partial charge in [0.05, 0.1) is 12.0 Å². The van der Waals surface area contributed by atoms with Crippen molar-refractivity contribution < 1.29 is 9.59 Å². The Morgan fingerprint density at radius 3 is 2.44 bits per heavy atom. The van der Waals surface area contributed by atoms with Gasteiger partial charge >= 0.3 is 0 Å². The van der Waals surface area contributed by atoms with Crippen LogP contribution in [0.15, 0.2) is 41.8 Å². The average molecular weight is 356 g/mol. The smallest absolute Gasteiger partial charge is 0.228 e. The van der Waals surface area contributed by atoms with Crippen molar-refractivity contribution in [1.82, 2.24) is 4.90 Å². The summed E-state index contributed by atoms with van der Waals surface area (Å²) in [6, 6.07) is 11.7. The first-order chi connectivity index (χ1) is 12.1. The summed E-state index contributed by atoms with van der Waals surface area (Å²) in [6.07, 6.45) is 0.270. The Kier molecular flexibility index (Phi) is 5.23. The molecule has 0 aliphatic carbocycles. The molecule has 1 aliphatic rings. The third-order valence-electron chi connectivity index (χ3n) is 4.86. The van der Waals surface area contributed by atoms with E-state index >= 15 is 0 Å². The lowest BCUT2D eigenvalue weighted by Gasteiger charge is -2.30. The van der Waals surface area contributed by atoms with Crippen molar-refractivity contribution in [2.24, 2.45) is 5.92 Å². The largest absolute Gasteiger partial charge is 0.343 e. The molecule has 0 N–H and O–H groups in total. The van der Waals surface area contributed by atoms with E-state index in [2.05, 4.69) is 0 Å². The van der Waals surface area contributed by atoms with Gasteiger partial charge in [-0.05, 0) is 44.4 Å². The summed E-state index contributed by atoms with van der Waals surface area (Å²) in [7, 11) is 0. The number of rotatable bonds is 5. The van der Waals surface area contributed by atoms with Crippen LogP contribution in [0.25, 0.3) is 0 Å². The van der Waals surface area contributed by atoms with Crippen molar-refractivity contribution in [1.29, 1.82) is 0 Å². The number of carbonyl (C=O) groups excluding carboxylic acids is 2. The standard InChI is InChI=1S/C20H24N2O2S/c1-4-21(5-2)20(24)16-13-18(23)22(15-10-8-14(3)9-11-15)19(16)17-7-6-12-25-17/h6-12,16,19H,4-5,13H2,1-3H3. The first-order valence-corrected chi connectivity index (χ1v) is 9.65. The molecule has 4 nitrogen and oxygen atoms in total. The predicted molar refractivity (Wildman–Crippen MR) is 102 cm³/mol. The van der Waals surface area contributed by atoms with Crippen LogP contribution in [-0.4, -0.2) is 29.8 Å². The van der Waals surface area contributed by atoms with Crippen LogP contribution in [0.3, 0.4) is 0 Å². The van der Waals surface area contributed by atoms with Crippen molar-refractivity contribution in [3.63, 3.8) is 0 Å². The van der Waals surface area contributed by atoms with Crippen molar-refractivity contribution in [2.75, 3.05) is 18.0 Å². The zero-order valence-electron chi connectivity index (χ0n) is 14.9. The minimum Gasteiger partial charge on any atom is -0.343 e. The Hall–Kier alpha value is -2.14. The fourth-order valence-corrected chi connectivity index (χ4v) is 4.40. The van der Waals surface area contributed by atoms with E-state index < -0.39 is 0 Å². The normalized spacial score (nSPS) is 20.1. The van der Waals surface area contributed by atoms with Gasteiger partial charge in [0, 0.05) is 30.1 Å². The maximum absolute atomic E-state index is 13.0. The van der Waals surface area contributed by atoms with Crippen LogP contribution in [0.4, 0.5) is 5.69 Å². The molecule has 25 heavy (non-hydrogen) atoms. The summed E-state index contributed by atoms with van der Waals surface area (Å²) < 4.78 is 0. The van der Waals surface area contributed by atoms with Crippen molar-refractivity contribution in [3.8, 4) is 0 Å². The minimum atomic E-state index is -0.327. The van der Waals surface area contributed by atoms with Crippen molar-refractivity contribution in [3.05, 3.63) is 52.2 Å². The van der Waals surface area contributed by atoms with E-state index in [1.807, 2.05) is 72.3 Å². The molecular weight excluding hydrogens is 332 g/mol. The van der Waals surface area contributed by atoms with Crippen molar-refractivity contribution >= 4 is 28.8 Å². The molecule has 1 fully saturated rings. The van der Waals surface area contributed by atoms with Gasteiger partial charge in [0.1, 0.15) is 0 Å². The molecule has 2 unspecified atom stereocenters. The molecule has 2 amide bonds. The maximum Gasteiger partial charge on any atom is 0.228 e. The number of aryl methyl sites for hydroxylation is 1. The average Bonchev–Trinajstić information content (AvgIpc) is 3.24. The molecule has 0 radical (unpaired) electrons. The van der Waals surface area contributed by atoms with Gasteiger partial charge in [0.25, 0.3) is 0 Å². The molecule has 0 bridgehead atoms. The van der Waals surface area contributed by atoms with Gasteiger partial charge in [0.2, 0.25) is 11.8 Å². The van der Waals surface area contributed by atoms with Gasteiger partial charge < -0.3 is 9.80 Å². The van der Waals surface area contributed by atoms with E-state index in [0.29, 0.717) is 13.1 Å². The van der Waals surface area contributed by atoms with Crippen LogP contribution in [0.5, 0.6) is 0 Å². The molecule has 1 aromatic carbocycles. The lowest BCUT2D eigenvalue weighted by molar-refractivity contribution is -0.136. The maximum atomic E-state index is 13.0. The third kappa shape index (κ3) is 3.33. The molecule has 0 saturated carbocycles. The summed E-state index contributed by atoms with van der Waals surface area (Å²) in [5.41, 5.74) is 2.02. The molecule has 2 aromatic rings. The van der Waals surface area contributed by atoms with Gasteiger partial charge in [-0.15, -0.1) is 11.3 Å². The van der Waals surface area contributed by atoms with Crippen LogP contribution in [0.2, 0.25) is 0 Å². The van der Waals surface area contributed by atoms with E-state index in [1.54, 1.807) is 11.3 Å². The Balaban J connectivity index is 2.01. The van der Waals surface area contributed by atoms with Gasteiger partial charge in [0.15, 0.2) is 0 Å². The summed E-state index contributed by atoms with van der Waals surface area (Å²) in [6.45, 7) is 7.33. The van der Waals surface area contributed by atoms with E-state index in [9.17, 15) is 9.59 Å². The highest BCUT2D eigenvalue weighted by atomic mass is 32.1. The zero-order valence-corrected chi connectivity index (χ0v) is 15.8. The Morgan fingerprint density at radius 2 is 1.88 bits per heavy atom. The second kappa shape index (κ2) is 7.40. The number of hydrogen-bond acceptors (Lipinski definition) is 3. The molecule has 1 aliphatic heterocycles. The minimum absolute atomic E-state index is 0.0211. The molecule has 1 aromatic heterocycles. The number of hydrogen-bond donors (Lipinski definition) is 0. The summed E-state index contributed by atoms with van der Waals surface area (Å²) in [4.78, 5) is 30.6. The molecule has 5 heteroatoms. The van der Waals surface area contributed by atoms with Crippen LogP contribution in [0, 0.1) is 12.8 Å². The number of thiophene rings is 1. The van der Waals surface area contributed by atoms with Crippen LogP contribution in [-0.2, 0) is 9.59 Å². The highest BCUT2D eigenvalue weighted by Crippen LogP contribution is 2.43. The van der Waals surface area contributed by atoms with Gasteiger partial charge in [-0.25, -0.2) is 0 Å². The van der Waals surface area contributed by atoms with Crippen molar-refractivity contribution in [2.45, 2.75) is 33.2 Å². The molecule has 0 spiro atoms. The zero-order chi connectivity index (χ0) is 18.0. The number of nitrogens with zero attached hydrogens (tertiary/aromatic N) is 2. The molecule has 2 heterocycles. The fourth-order valence-electron chi connectivity index (χ4n) is 3.52. The fraction of sp³-hybridized carbons (Fsp3) is 0.400. The van der Waals surface area contributed by atoms with Crippen LogP contribution in [0.1, 0.15) is 36.8 Å². The topological polar surface area (TPSA) is 40.6 Å². The van der Waals surface area contributed by atoms with Gasteiger partial charge in [-0.2, -0.15) is 0 Å².